The summed E-state index contributed by atoms with van der Waals surface area (Å²) in [6.07, 6.45) is 3.83. The van der Waals surface area contributed by atoms with E-state index in [2.05, 4.69) is 0 Å². The van der Waals surface area contributed by atoms with E-state index in [1.54, 1.807) is 12.1 Å². The standard InChI is InChI=1S/C31H36BNO4S/c1-25-18-20-29(21-19-25)38(34,35)33(22-12-15-26-13-8-6-9-14-26)24-28(27-16-10-7-11-17-27)23-32-36-30(2,3)31(4,5)37-32/h6-21,23H,22,24H2,1-5H3/b15-12-,28-23+. The van der Waals surface area contributed by atoms with Crippen LogP contribution in [0, 0.1) is 6.92 Å². The van der Waals surface area contributed by atoms with Crippen molar-refractivity contribution in [3.63, 3.8) is 0 Å². The molecule has 198 valence electrons. The van der Waals surface area contributed by atoms with Gasteiger partial charge in [-0.3, -0.25) is 0 Å². The fraction of sp³-hybridized carbons (Fsp3) is 0.290. The van der Waals surface area contributed by atoms with Crippen LogP contribution in [-0.2, 0) is 19.3 Å². The second kappa shape index (κ2) is 11.4. The highest BCUT2D eigenvalue weighted by molar-refractivity contribution is 7.89. The Bertz CT molecular complexity index is 1370. The van der Waals surface area contributed by atoms with Gasteiger partial charge in [-0.1, -0.05) is 90.5 Å². The molecule has 0 N–H and O–H groups in total. The van der Waals surface area contributed by atoms with Crippen molar-refractivity contribution in [1.82, 2.24) is 4.31 Å². The number of benzene rings is 3. The van der Waals surface area contributed by atoms with E-state index in [1.807, 2.05) is 126 Å². The second-order valence-electron chi connectivity index (χ2n) is 10.6. The molecule has 1 heterocycles. The van der Waals surface area contributed by atoms with Gasteiger partial charge in [-0.15, -0.1) is 0 Å². The number of aryl methyl sites for hydroxylation is 1. The van der Waals surface area contributed by atoms with Crippen LogP contribution in [0.5, 0.6) is 0 Å². The van der Waals surface area contributed by atoms with Crippen molar-refractivity contribution in [2.45, 2.75) is 50.7 Å². The molecule has 7 heteroatoms. The van der Waals surface area contributed by atoms with Gasteiger partial charge in [0.1, 0.15) is 0 Å². The van der Waals surface area contributed by atoms with Crippen LogP contribution in [0.2, 0.25) is 0 Å². The molecule has 0 unspecified atom stereocenters. The van der Waals surface area contributed by atoms with E-state index in [0.717, 1.165) is 22.3 Å². The molecule has 0 aliphatic carbocycles. The zero-order chi connectivity index (χ0) is 27.4. The maximum Gasteiger partial charge on any atom is 0.487 e. The summed E-state index contributed by atoms with van der Waals surface area (Å²) in [7, 11) is -4.39. The third-order valence-corrected chi connectivity index (χ3v) is 9.00. The van der Waals surface area contributed by atoms with Crippen LogP contribution >= 0.6 is 0 Å². The molecule has 0 amide bonds. The monoisotopic (exact) mass is 529 g/mol. The number of sulfonamides is 1. The molecule has 0 radical (unpaired) electrons. The summed E-state index contributed by atoms with van der Waals surface area (Å²) >= 11 is 0. The van der Waals surface area contributed by atoms with Gasteiger partial charge in [0, 0.05) is 13.1 Å². The Morgan fingerprint density at radius 3 is 1.97 bits per heavy atom. The van der Waals surface area contributed by atoms with E-state index in [9.17, 15) is 8.42 Å². The first-order valence-corrected chi connectivity index (χ1v) is 14.3. The molecule has 4 rings (SSSR count). The molecule has 3 aromatic carbocycles. The fourth-order valence-corrected chi connectivity index (χ4v) is 5.55. The summed E-state index contributed by atoms with van der Waals surface area (Å²) < 4.78 is 41.8. The van der Waals surface area contributed by atoms with Crippen molar-refractivity contribution in [3.8, 4) is 0 Å². The molecule has 0 bridgehead atoms. The summed E-state index contributed by atoms with van der Waals surface area (Å²) in [4.78, 5) is 0.263. The normalized spacial score (nSPS) is 17.4. The van der Waals surface area contributed by atoms with Crippen molar-refractivity contribution in [2.24, 2.45) is 0 Å². The first-order chi connectivity index (χ1) is 18.0. The average molecular weight is 530 g/mol. The minimum atomic E-state index is -3.80. The van der Waals surface area contributed by atoms with E-state index >= 15 is 0 Å². The Hall–Kier alpha value is -2.97. The van der Waals surface area contributed by atoms with Crippen LogP contribution in [0.15, 0.2) is 102 Å². The zero-order valence-electron chi connectivity index (χ0n) is 22.8. The number of rotatable bonds is 9. The third kappa shape index (κ3) is 6.53. The molecule has 1 saturated heterocycles. The smallest absolute Gasteiger partial charge is 0.400 e. The summed E-state index contributed by atoms with van der Waals surface area (Å²) in [6, 6.07) is 26.6. The first-order valence-electron chi connectivity index (χ1n) is 12.9. The number of hydrogen-bond donors (Lipinski definition) is 0. The Balaban J connectivity index is 1.71. The van der Waals surface area contributed by atoms with E-state index in [0.29, 0.717) is 0 Å². The average Bonchev–Trinajstić information content (AvgIpc) is 3.09. The van der Waals surface area contributed by atoms with Crippen LogP contribution < -0.4 is 0 Å². The van der Waals surface area contributed by atoms with E-state index in [4.69, 9.17) is 9.31 Å². The van der Waals surface area contributed by atoms with Gasteiger partial charge in [-0.2, -0.15) is 4.31 Å². The molecular weight excluding hydrogens is 493 g/mol. The lowest BCUT2D eigenvalue weighted by atomic mass is 9.85. The molecule has 5 nitrogen and oxygen atoms in total. The van der Waals surface area contributed by atoms with Gasteiger partial charge in [-0.25, -0.2) is 8.42 Å². The molecule has 0 atom stereocenters. The Morgan fingerprint density at radius 2 is 1.39 bits per heavy atom. The molecule has 3 aromatic rings. The molecule has 0 aromatic heterocycles. The predicted octanol–water partition coefficient (Wildman–Crippen LogP) is 6.41. The van der Waals surface area contributed by atoms with Crippen molar-refractivity contribution in [3.05, 3.63) is 114 Å². The van der Waals surface area contributed by atoms with Gasteiger partial charge in [0.25, 0.3) is 0 Å². The van der Waals surface area contributed by atoms with Crippen LogP contribution in [-0.4, -0.2) is 44.1 Å². The Morgan fingerprint density at radius 1 is 0.842 bits per heavy atom. The lowest BCUT2D eigenvalue weighted by molar-refractivity contribution is 0.00578. The predicted molar refractivity (Wildman–Crippen MR) is 156 cm³/mol. The molecule has 0 saturated carbocycles. The highest BCUT2D eigenvalue weighted by atomic mass is 32.2. The molecule has 0 spiro atoms. The van der Waals surface area contributed by atoms with Gasteiger partial charge in [-0.05, 0) is 69.4 Å². The quantitative estimate of drug-likeness (QED) is 0.301. The topological polar surface area (TPSA) is 55.8 Å². The van der Waals surface area contributed by atoms with Crippen LogP contribution in [0.4, 0.5) is 0 Å². The van der Waals surface area contributed by atoms with E-state index < -0.39 is 28.3 Å². The second-order valence-corrected chi connectivity index (χ2v) is 12.5. The van der Waals surface area contributed by atoms with Gasteiger partial charge in [0.15, 0.2) is 0 Å². The van der Waals surface area contributed by atoms with Crippen molar-refractivity contribution in [2.75, 3.05) is 13.1 Å². The summed E-state index contributed by atoms with van der Waals surface area (Å²) in [5.74, 6) is 1.91. The SMILES string of the molecule is Cc1ccc(S(=O)(=O)N(C/C=C\c2ccccc2)C/C(=C\B2OC(C)(C)C(C)(C)O2)c2ccccc2)cc1. The molecule has 38 heavy (non-hydrogen) atoms. The number of nitrogens with zero attached hydrogens (tertiary/aromatic N) is 1. The first kappa shape index (κ1) is 28.1. The summed E-state index contributed by atoms with van der Waals surface area (Å²) in [6.45, 7) is 10.3. The van der Waals surface area contributed by atoms with Gasteiger partial charge >= 0.3 is 7.12 Å². The van der Waals surface area contributed by atoms with Crippen LogP contribution in [0.25, 0.3) is 11.6 Å². The minimum absolute atomic E-state index is 0.156. The minimum Gasteiger partial charge on any atom is -0.400 e. The fourth-order valence-electron chi connectivity index (χ4n) is 4.18. The largest absolute Gasteiger partial charge is 0.487 e. The van der Waals surface area contributed by atoms with E-state index in [-0.39, 0.29) is 18.0 Å². The van der Waals surface area contributed by atoms with Crippen molar-refractivity contribution < 1.29 is 17.7 Å². The van der Waals surface area contributed by atoms with Crippen LogP contribution in [0.1, 0.15) is 44.4 Å². The molecule has 1 aliphatic heterocycles. The lowest BCUT2D eigenvalue weighted by Crippen LogP contribution is -2.41. The third-order valence-electron chi connectivity index (χ3n) is 7.18. The highest BCUT2D eigenvalue weighted by Gasteiger charge is 2.50. The maximum atomic E-state index is 13.9. The highest BCUT2D eigenvalue weighted by Crippen LogP contribution is 2.38. The van der Waals surface area contributed by atoms with Gasteiger partial charge in [0.05, 0.1) is 16.1 Å². The molecular formula is C31H36BNO4S. The van der Waals surface area contributed by atoms with Crippen molar-refractivity contribution >= 4 is 28.8 Å². The summed E-state index contributed by atoms with van der Waals surface area (Å²) in [5, 5.41) is 0. The zero-order valence-corrected chi connectivity index (χ0v) is 23.6. The lowest BCUT2D eigenvalue weighted by Gasteiger charge is -2.32. The van der Waals surface area contributed by atoms with E-state index in [1.165, 1.54) is 4.31 Å². The van der Waals surface area contributed by atoms with Crippen molar-refractivity contribution in [1.29, 1.82) is 0 Å². The summed E-state index contributed by atoms with van der Waals surface area (Å²) in [5.41, 5.74) is 2.75. The number of hydrogen-bond acceptors (Lipinski definition) is 4. The molecule has 1 fully saturated rings. The van der Waals surface area contributed by atoms with Gasteiger partial charge < -0.3 is 9.31 Å². The Kier molecular flexibility index (Phi) is 8.43. The van der Waals surface area contributed by atoms with Crippen LogP contribution in [0.3, 0.4) is 0 Å². The maximum absolute atomic E-state index is 13.9. The Labute approximate surface area is 228 Å². The molecule has 1 aliphatic rings. The van der Waals surface area contributed by atoms with Gasteiger partial charge in [0.2, 0.25) is 10.0 Å².